The Morgan fingerprint density at radius 2 is 1.83 bits per heavy atom. The van der Waals surface area contributed by atoms with Crippen molar-refractivity contribution in [2.75, 3.05) is 10.8 Å². The normalized spacial score (nSPS) is 16.1. The first-order valence-corrected chi connectivity index (χ1v) is 8.99. The largest absolute Gasteiger partial charge is 0.478 e. The maximum Gasteiger partial charge on any atom is 0.335 e. The van der Waals surface area contributed by atoms with Crippen molar-refractivity contribution in [2.45, 2.75) is 24.5 Å². The van der Waals surface area contributed by atoms with Crippen LogP contribution in [-0.2, 0) is 34.4 Å². The maximum atomic E-state index is 13.0. The third kappa shape index (κ3) is 2.28. The van der Waals surface area contributed by atoms with E-state index in [2.05, 4.69) is 0 Å². The van der Waals surface area contributed by atoms with Crippen LogP contribution in [0.15, 0.2) is 41.3 Å². The summed E-state index contributed by atoms with van der Waals surface area (Å²) >= 11 is 0. The Kier molecular flexibility index (Phi) is 3.36. The quantitative estimate of drug-likeness (QED) is 0.922. The maximum absolute atomic E-state index is 13.0. The van der Waals surface area contributed by atoms with Crippen LogP contribution in [-0.4, -0.2) is 26.0 Å². The Bertz CT molecular complexity index is 951. The summed E-state index contributed by atoms with van der Waals surface area (Å²) in [6.45, 7) is 1.26. The Morgan fingerprint density at radius 3 is 2.62 bits per heavy atom. The van der Waals surface area contributed by atoms with Crippen molar-refractivity contribution in [3.05, 3.63) is 58.7 Å². The van der Waals surface area contributed by atoms with Crippen LogP contribution in [0.25, 0.3) is 0 Å². The molecule has 124 valence electrons. The van der Waals surface area contributed by atoms with E-state index in [1.54, 1.807) is 30.3 Å². The molecule has 0 aliphatic carbocycles. The fourth-order valence-corrected chi connectivity index (χ4v) is 4.74. The lowest BCUT2D eigenvalue weighted by molar-refractivity contribution is 0.0697. The molecular weight excluding hydrogens is 330 g/mol. The summed E-state index contributed by atoms with van der Waals surface area (Å²) in [5.41, 5.74) is 3.38. The van der Waals surface area contributed by atoms with Gasteiger partial charge in [-0.25, -0.2) is 13.2 Å². The minimum Gasteiger partial charge on any atom is -0.478 e. The monoisotopic (exact) mass is 345 g/mol. The summed E-state index contributed by atoms with van der Waals surface area (Å²) in [6, 6.07) is 9.61. The molecule has 0 unspecified atom stereocenters. The highest BCUT2D eigenvalue weighted by Crippen LogP contribution is 2.34. The smallest absolute Gasteiger partial charge is 0.335 e. The van der Waals surface area contributed by atoms with Gasteiger partial charge >= 0.3 is 5.97 Å². The number of carboxylic acids is 1. The van der Waals surface area contributed by atoms with E-state index in [1.807, 2.05) is 0 Å². The van der Waals surface area contributed by atoms with Gasteiger partial charge < -0.3 is 9.84 Å². The van der Waals surface area contributed by atoms with E-state index >= 15 is 0 Å². The van der Waals surface area contributed by atoms with E-state index in [1.165, 1.54) is 10.4 Å². The number of sulfonamides is 1. The summed E-state index contributed by atoms with van der Waals surface area (Å²) in [5.74, 6) is -1.02. The molecule has 0 aromatic heterocycles. The van der Waals surface area contributed by atoms with Crippen molar-refractivity contribution in [1.29, 1.82) is 0 Å². The van der Waals surface area contributed by atoms with Crippen LogP contribution in [0.2, 0.25) is 0 Å². The lowest BCUT2D eigenvalue weighted by Crippen LogP contribution is -2.29. The third-order valence-corrected chi connectivity index (χ3v) is 6.27. The van der Waals surface area contributed by atoms with E-state index in [0.717, 1.165) is 16.7 Å². The number of benzene rings is 2. The second-order valence-electron chi connectivity index (χ2n) is 5.90. The summed E-state index contributed by atoms with van der Waals surface area (Å²) in [7, 11) is -3.68. The molecule has 2 aliphatic heterocycles. The van der Waals surface area contributed by atoms with Gasteiger partial charge in [0.2, 0.25) is 0 Å². The third-order valence-electron chi connectivity index (χ3n) is 4.46. The number of aromatic carboxylic acids is 1. The molecule has 2 aromatic carbocycles. The van der Waals surface area contributed by atoms with Crippen molar-refractivity contribution < 1.29 is 23.1 Å². The van der Waals surface area contributed by atoms with Crippen LogP contribution in [0, 0.1) is 0 Å². The number of anilines is 1. The zero-order valence-corrected chi connectivity index (χ0v) is 13.5. The van der Waals surface area contributed by atoms with E-state index < -0.39 is 16.0 Å². The molecule has 2 heterocycles. The Morgan fingerprint density at radius 1 is 1.04 bits per heavy atom. The number of nitrogens with zero attached hydrogens (tertiary/aromatic N) is 1. The lowest BCUT2D eigenvalue weighted by atomic mass is 10.1. The highest BCUT2D eigenvalue weighted by molar-refractivity contribution is 7.92. The number of carbonyl (C=O) groups is 1. The van der Waals surface area contributed by atoms with Gasteiger partial charge in [-0.2, -0.15) is 0 Å². The molecule has 2 aromatic rings. The number of carboxylic acid groups (broad SMARTS) is 1. The van der Waals surface area contributed by atoms with Crippen molar-refractivity contribution in [2.24, 2.45) is 0 Å². The van der Waals surface area contributed by atoms with Crippen molar-refractivity contribution in [3.63, 3.8) is 0 Å². The summed E-state index contributed by atoms with van der Waals surface area (Å²) in [4.78, 5) is 11.3. The van der Waals surface area contributed by atoms with E-state index in [4.69, 9.17) is 9.84 Å². The highest BCUT2D eigenvalue weighted by Gasteiger charge is 2.32. The number of ether oxygens (including phenoxy) is 1. The van der Waals surface area contributed by atoms with Gasteiger partial charge in [0.25, 0.3) is 10.0 Å². The Balaban J connectivity index is 1.74. The molecule has 0 saturated heterocycles. The van der Waals surface area contributed by atoms with Crippen LogP contribution >= 0.6 is 0 Å². The standard InChI is InChI=1S/C17H15NO5S/c19-17(20)12-2-4-16-11(7-12)5-6-18(16)24(21,22)15-3-1-13-9-23-10-14(13)8-15/h1-4,7-8H,5-6,9-10H2,(H,19,20). The SMILES string of the molecule is O=C(O)c1ccc2c(c1)CCN2S(=O)(=O)c1ccc2c(c1)COC2. The summed E-state index contributed by atoms with van der Waals surface area (Å²) < 4.78 is 32.7. The fourth-order valence-electron chi connectivity index (χ4n) is 3.19. The summed E-state index contributed by atoms with van der Waals surface area (Å²) in [6.07, 6.45) is 0.504. The Labute approximate surface area is 139 Å². The summed E-state index contributed by atoms with van der Waals surface area (Å²) in [5, 5.41) is 9.07. The predicted octanol–water partition coefficient (Wildman–Crippen LogP) is 2.17. The van der Waals surface area contributed by atoms with Crippen LogP contribution in [0.3, 0.4) is 0 Å². The van der Waals surface area contributed by atoms with Gasteiger partial charge in [-0.05, 0) is 53.4 Å². The number of fused-ring (bicyclic) bond motifs is 2. The minimum absolute atomic E-state index is 0.169. The zero-order chi connectivity index (χ0) is 16.9. The zero-order valence-electron chi connectivity index (χ0n) is 12.7. The first kappa shape index (κ1) is 15.2. The first-order chi connectivity index (χ1) is 11.5. The van der Waals surface area contributed by atoms with Gasteiger partial charge in [0, 0.05) is 6.54 Å². The molecule has 0 amide bonds. The van der Waals surface area contributed by atoms with Gasteiger partial charge in [0.05, 0.1) is 29.4 Å². The second kappa shape index (κ2) is 5.32. The molecule has 7 heteroatoms. The molecule has 0 saturated carbocycles. The van der Waals surface area contributed by atoms with E-state index in [9.17, 15) is 13.2 Å². The number of hydrogen-bond donors (Lipinski definition) is 1. The minimum atomic E-state index is -3.68. The van der Waals surface area contributed by atoms with Gasteiger partial charge in [-0.3, -0.25) is 4.31 Å². The van der Waals surface area contributed by atoms with Crippen molar-refractivity contribution in [1.82, 2.24) is 0 Å². The molecule has 4 rings (SSSR count). The molecule has 24 heavy (non-hydrogen) atoms. The molecule has 0 bridgehead atoms. The van der Waals surface area contributed by atoms with Crippen LogP contribution < -0.4 is 4.31 Å². The van der Waals surface area contributed by atoms with Crippen molar-refractivity contribution >= 4 is 21.7 Å². The number of rotatable bonds is 3. The topological polar surface area (TPSA) is 83.9 Å². The molecule has 0 fully saturated rings. The fraction of sp³-hybridized carbons (Fsp3) is 0.235. The van der Waals surface area contributed by atoms with Gasteiger partial charge in [0.1, 0.15) is 0 Å². The predicted molar refractivity (Wildman–Crippen MR) is 86.6 cm³/mol. The van der Waals surface area contributed by atoms with Crippen LogP contribution in [0.5, 0.6) is 0 Å². The average Bonchev–Trinajstić information content (AvgIpc) is 3.20. The van der Waals surface area contributed by atoms with Gasteiger partial charge in [-0.15, -0.1) is 0 Å². The average molecular weight is 345 g/mol. The number of hydrogen-bond acceptors (Lipinski definition) is 4. The molecule has 0 atom stereocenters. The van der Waals surface area contributed by atoms with E-state index in [0.29, 0.717) is 31.9 Å². The molecular formula is C17H15NO5S. The molecule has 0 radical (unpaired) electrons. The Hall–Kier alpha value is -2.38. The lowest BCUT2D eigenvalue weighted by Gasteiger charge is -2.20. The van der Waals surface area contributed by atoms with Crippen molar-refractivity contribution in [3.8, 4) is 0 Å². The van der Waals surface area contributed by atoms with E-state index in [-0.39, 0.29) is 10.5 Å². The molecule has 0 spiro atoms. The van der Waals surface area contributed by atoms with Gasteiger partial charge in [-0.1, -0.05) is 6.07 Å². The highest BCUT2D eigenvalue weighted by atomic mass is 32.2. The molecule has 1 N–H and O–H groups in total. The van der Waals surface area contributed by atoms with Gasteiger partial charge in [0.15, 0.2) is 0 Å². The first-order valence-electron chi connectivity index (χ1n) is 7.55. The van der Waals surface area contributed by atoms with Crippen LogP contribution in [0.1, 0.15) is 27.0 Å². The van der Waals surface area contributed by atoms with Crippen LogP contribution in [0.4, 0.5) is 5.69 Å². The molecule has 6 nitrogen and oxygen atoms in total. The second-order valence-corrected chi connectivity index (χ2v) is 7.76. The molecule has 2 aliphatic rings.